The summed E-state index contributed by atoms with van der Waals surface area (Å²) in [4.78, 5) is 25.8. The lowest BCUT2D eigenvalue weighted by molar-refractivity contribution is -0.130. The molecule has 1 aromatic rings. The van der Waals surface area contributed by atoms with Crippen LogP contribution in [-0.2, 0) is 11.2 Å². The Hall–Kier alpha value is -1.59. The Kier molecular flexibility index (Phi) is 7.35. The van der Waals surface area contributed by atoms with Gasteiger partial charge in [0.1, 0.15) is 5.75 Å². The van der Waals surface area contributed by atoms with Gasteiger partial charge < -0.3 is 15.0 Å². The number of hydrogen-bond donors (Lipinski definition) is 1. The number of benzene rings is 1. The lowest BCUT2D eigenvalue weighted by atomic mass is 10.0. The van der Waals surface area contributed by atoms with Crippen molar-refractivity contribution >= 4 is 24.1 Å². The highest BCUT2D eigenvalue weighted by Crippen LogP contribution is 2.21. The Morgan fingerprint density at radius 3 is 2.73 bits per heavy atom. The maximum absolute atomic E-state index is 12.4. The van der Waals surface area contributed by atoms with E-state index in [4.69, 9.17) is 4.74 Å². The topological polar surface area (TPSA) is 58.6 Å². The van der Waals surface area contributed by atoms with Crippen LogP contribution in [0.15, 0.2) is 18.2 Å². The molecule has 1 aromatic carbocycles. The van der Waals surface area contributed by atoms with Crippen LogP contribution in [0.4, 0.5) is 0 Å². The lowest BCUT2D eigenvalue weighted by Gasteiger charge is -2.20. The molecule has 1 fully saturated rings. The van der Waals surface area contributed by atoms with Gasteiger partial charge in [0, 0.05) is 30.8 Å². The maximum atomic E-state index is 12.4. The van der Waals surface area contributed by atoms with Gasteiger partial charge in [0.25, 0.3) is 0 Å². The Labute approximate surface area is 137 Å². The van der Waals surface area contributed by atoms with E-state index >= 15 is 0 Å². The highest BCUT2D eigenvalue weighted by atomic mass is 35.5. The molecule has 22 heavy (non-hydrogen) atoms. The van der Waals surface area contributed by atoms with Gasteiger partial charge in [-0.15, -0.1) is 12.4 Å². The van der Waals surface area contributed by atoms with Gasteiger partial charge in [-0.25, -0.2) is 0 Å². The molecule has 0 unspecified atom stereocenters. The van der Waals surface area contributed by atoms with Gasteiger partial charge in [-0.05, 0) is 38.1 Å². The van der Waals surface area contributed by atoms with E-state index in [9.17, 15) is 9.59 Å². The van der Waals surface area contributed by atoms with Gasteiger partial charge in [-0.3, -0.25) is 9.59 Å². The van der Waals surface area contributed by atoms with E-state index in [1.54, 1.807) is 25.3 Å². The van der Waals surface area contributed by atoms with E-state index in [1.165, 1.54) is 6.92 Å². The van der Waals surface area contributed by atoms with Crippen LogP contribution >= 0.6 is 12.4 Å². The molecule has 1 amide bonds. The summed E-state index contributed by atoms with van der Waals surface area (Å²) >= 11 is 0. The van der Waals surface area contributed by atoms with Crippen LogP contribution in [0.5, 0.6) is 5.75 Å². The monoisotopic (exact) mass is 326 g/mol. The molecule has 1 aliphatic heterocycles. The van der Waals surface area contributed by atoms with Gasteiger partial charge in [-0.2, -0.15) is 0 Å². The van der Waals surface area contributed by atoms with E-state index in [1.807, 2.05) is 4.90 Å². The lowest BCUT2D eigenvalue weighted by Crippen LogP contribution is -2.35. The largest absolute Gasteiger partial charge is 0.496 e. The molecule has 1 heterocycles. The molecule has 0 saturated carbocycles. The van der Waals surface area contributed by atoms with Crippen molar-refractivity contribution in [2.75, 3.05) is 33.3 Å². The number of Topliss-reactive ketones (excluding diaryl/α,β-unsaturated/α-hetero) is 1. The van der Waals surface area contributed by atoms with Crippen molar-refractivity contribution in [3.05, 3.63) is 29.3 Å². The fourth-order valence-electron chi connectivity index (χ4n) is 2.51. The number of ether oxygens (including phenoxy) is 1. The SMILES string of the molecule is COc1ccc(C(C)=O)cc1CC(=O)N1CCCNCC1.Cl. The molecular weight excluding hydrogens is 304 g/mol. The first kappa shape index (κ1) is 18.5. The van der Waals surface area contributed by atoms with Gasteiger partial charge >= 0.3 is 0 Å². The molecule has 5 nitrogen and oxygen atoms in total. The number of carbonyl (C=O) groups excluding carboxylic acids is 2. The van der Waals surface area contributed by atoms with E-state index < -0.39 is 0 Å². The number of nitrogens with zero attached hydrogens (tertiary/aromatic N) is 1. The summed E-state index contributed by atoms with van der Waals surface area (Å²) in [5.74, 6) is 0.726. The molecule has 1 N–H and O–H groups in total. The highest BCUT2D eigenvalue weighted by Gasteiger charge is 2.18. The fourth-order valence-corrected chi connectivity index (χ4v) is 2.51. The normalized spacial score (nSPS) is 14.7. The second kappa shape index (κ2) is 8.76. The zero-order chi connectivity index (χ0) is 15.2. The number of hydrogen-bond acceptors (Lipinski definition) is 4. The molecule has 0 radical (unpaired) electrons. The summed E-state index contributed by atoms with van der Waals surface area (Å²) in [6.07, 6.45) is 1.24. The first-order chi connectivity index (χ1) is 10.1. The number of carbonyl (C=O) groups is 2. The van der Waals surface area contributed by atoms with Gasteiger partial charge in [0.05, 0.1) is 13.5 Å². The Bertz CT molecular complexity index is 526. The molecule has 0 bridgehead atoms. The zero-order valence-corrected chi connectivity index (χ0v) is 13.9. The van der Waals surface area contributed by atoms with Crippen molar-refractivity contribution in [3.63, 3.8) is 0 Å². The minimum absolute atomic E-state index is 0. The Morgan fingerprint density at radius 1 is 1.27 bits per heavy atom. The number of rotatable bonds is 4. The number of amides is 1. The summed E-state index contributed by atoms with van der Waals surface area (Å²) in [5.41, 5.74) is 1.38. The quantitative estimate of drug-likeness (QED) is 0.855. The standard InChI is InChI=1S/C16H22N2O3.ClH/c1-12(19)13-4-5-15(21-2)14(10-13)11-16(20)18-8-3-6-17-7-9-18;/h4-5,10,17H,3,6-9,11H2,1-2H3;1H. The van der Waals surface area contributed by atoms with E-state index in [2.05, 4.69) is 5.32 Å². The first-order valence-corrected chi connectivity index (χ1v) is 7.28. The van der Waals surface area contributed by atoms with Crippen LogP contribution in [-0.4, -0.2) is 49.9 Å². The maximum Gasteiger partial charge on any atom is 0.227 e. The van der Waals surface area contributed by atoms with E-state index in [0.717, 1.165) is 38.2 Å². The molecule has 0 spiro atoms. The van der Waals surface area contributed by atoms with Gasteiger partial charge in [-0.1, -0.05) is 0 Å². The average Bonchev–Trinajstić information content (AvgIpc) is 2.76. The smallest absolute Gasteiger partial charge is 0.227 e. The second-order valence-corrected chi connectivity index (χ2v) is 5.24. The van der Waals surface area contributed by atoms with Crippen molar-refractivity contribution in [1.82, 2.24) is 10.2 Å². The molecule has 1 aliphatic rings. The van der Waals surface area contributed by atoms with Crippen LogP contribution in [0.3, 0.4) is 0 Å². The molecule has 0 aromatic heterocycles. The number of halogens is 1. The van der Waals surface area contributed by atoms with Crippen LogP contribution in [0.25, 0.3) is 0 Å². The molecular formula is C16H23ClN2O3. The summed E-state index contributed by atoms with van der Waals surface area (Å²) < 4.78 is 5.30. The Balaban J connectivity index is 0.00000242. The average molecular weight is 327 g/mol. The Morgan fingerprint density at radius 2 is 2.05 bits per heavy atom. The van der Waals surface area contributed by atoms with Gasteiger partial charge in [0.15, 0.2) is 5.78 Å². The van der Waals surface area contributed by atoms with Crippen LogP contribution in [0.1, 0.15) is 29.3 Å². The second-order valence-electron chi connectivity index (χ2n) is 5.24. The third kappa shape index (κ3) is 4.71. The number of methoxy groups -OCH3 is 1. The van der Waals surface area contributed by atoms with Crippen molar-refractivity contribution in [3.8, 4) is 5.75 Å². The third-order valence-corrected chi connectivity index (χ3v) is 3.72. The zero-order valence-electron chi connectivity index (χ0n) is 13.1. The number of ketones is 1. The van der Waals surface area contributed by atoms with Crippen molar-refractivity contribution < 1.29 is 14.3 Å². The minimum Gasteiger partial charge on any atom is -0.496 e. The van der Waals surface area contributed by atoms with Crippen LogP contribution in [0, 0.1) is 0 Å². The molecule has 1 saturated heterocycles. The van der Waals surface area contributed by atoms with E-state index in [0.29, 0.717) is 11.3 Å². The first-order valence-electron chi connectivity index (χ1n) is 7.28. The molecule has 0 aliphatic carbocycles. The molecule has 122 valence electrons. The molecule has 6 heteroatoms. The minimum atomic E-state index is -0.00896. The fraction of sp³-hybridized carbons (Fsp3) is 0.500. The summed E-state index contributed by atoms with van der Waals surface area (Å²) in [5, 5.41) is 3.28. The highest BCUT2D eigenvalue weighted by molar-refractivity contribution is 5.94. The number of nitrogens with one attached hydrogen (secondary N) is 1. The van der Waals surface area contributed by atoms with Crippen molar-refractivity contribution in [2.24, 2.45) is 0 Å². The molecule has 0 atom stereocenters. The third-order valence-electron chi connectivity index (χ3n) is 3.72. The summed E-state index contributed by atoms with van der Waals surface area (Å²) in [6.45, 7) is 4.81. The summed E-state index contributed by atoms with van der Waals surface area (Å²) in [7, 11) is 1.58. The van der Waals surface area contributed by atoms with Crippen molar-refractivity contribution in [1.29, 1.82) is 0 Å². The van der Waals surface area contributed by atoms with Crippen LogP contribution in [0.2, 0.25) is 0 Å². The predicted octanol–water partition coefficient (Wildman–Crippen LogP) is 1.68. The van der Waals surface area contributed by atoms with E-state index in [-0.39, 0.29) is 30.5 Å². The van der Waals surface area contributed by atoms with Crippen LogP contribution < -0.4 is 10.1 Å². The van der Waals surface area contributed by atoms with Crippen molar-refractivity contribution in [2.45, 2.75) is 19.8 Å². The molecule has 2 rings (SSSR count). The summed E-state index contributed by atoms with van der Waals surface area (Å²) in [6, 6.07) is 5.24. The predicted molar refractivity (Wildman–Crippen MR) is 88.0 cm³/mol. The van der Waals surface area contributed by atoms with Gasteiger partial charge in [0.2, 0.25) is 5.91 Å².